The molecule has 108 valence electrons. The van der Waals surface area contributed by atoms with E-state index < -0.39 is 6.10 Å². The molecule has 0 radical (unpaired) electrons. The lowest BCUT2D eigenvalue weighted by atomic mass is 10.1. The number of aliphatic hydroxyl groups is 1. The molecule has 0 bridgehead atoms. The standard InChI is InChI=1S/C15H21N3O2/c1-11(2)18-7-6-13(17-18)9-14(19)8-12-4-5-15(20-3)16-10-12/h4-7,10-11,14,19H,8-9H2,1-3H3. The molecular weight excluding hydrogens is 254 g/mol. The summed E-state index contributed by atoms with van der Waals surface area (Å²) in [7, 11) is 1.59. The van der Waals surface area contributed by atoms with E-state index >= 15 is 0 Å². The highest BCUT2D eigenvalue weighted by atomic mass is 16.5. The minimum absolute atomic E-state index is 0.340. The van der Waals surface area contributed by atoms with Crippen molar-refractivity contribution in [2.75, 3.05) is 7.11 Å². The molecule has 0 spiro atoms. The van der Waals surface area contributed by atoms with Crippen LogP contribution in [0.2, 0.25) is 0 Å². The summed E-state index contributed by atoms with van der Waals surface area (Å²) in [5.41, 5.74) is 1.90. The summed E-state index contributed by atoms with van der Waals surface area (Å²) in [5, 5.41) is 14.6. The fraction of sp³-hybridized carbons (Fsp3) is 0.467. The van der Waals surface area contributed by atoms with Gasteiger partial charge in [0.15, 0.2) is 0 Å². The van der Waals surface area contributed by atoms with Crippen molar-refractivity contribution < 1.29 is 9.84 Å². The van der Waals surface area contributed by atoms with Crippen molar-refractivity contribution in [2.24, 2.45) is 0 Å². The number of nitrogens with zero attached hydrogens (tertiary/aromatic N) is 3. The molecule has 5 nitrogen and oxygen atoms in total. The van der Waals surface area contributed by atoms with Crippen LogP contribution in [0.3, 0.4) is 0 Å². The molecule has 0 aliphatic rings. The summed E-state index contributed by atoms with van der Waals surface area (Å²) in [5.74, 6) is 0.582. The van der Waals surface area contributed by atoms with Gasteiger partial charge in [0, 0.05) is 37.3 Å². The van der Waals surface area contributed by atoms with Crippen LogP contribution in [-0.4, -0.2) is 33.1 Å². The number of aliphatic hydroxyl groups excluding tert-OH is 1. The fourth-order valence-electron chi connectivity index (χ4n) is 2.01. The highest BCUT2D eigenvalue weighted by Gasteiger charge is 2.10. The van der Waals surface area contributed by atoms with Gasteiger partial charge in [0.2, 0.25) is 5.88 Å². The van der Waals surface area contributed by atoms with Crippen LogP contribution in [0.25, 0.3) is 0 Å². The molecular formula is C15H21N3O2. The molecule has 0 saturated heterocycles. The third kappa shape index (κ3) is 3.81. The molecule has 1 unspecified atom stereocenters. The number of aromatic nitrogens is 3. The van der Waals surface area contributed by atoms with Crippen molar-refractivity contribution in [1.29, 1.82) is 0 Å². The Morgan fingerprint density at radius 1 is 1.25 bits per heavy atom. The lowest BCUT2D eigenvalue weighted by Gasteiger charge is -2.09. The summed E-state index contributed by atoms with van der Waals surface area (Å²) in [6.07, 6.45) is 4.33. The van der Waals surface area contributed by atoms with Gasteiger partial charge in [-0.25, -0.2) is 4.98 Å². The summed E-state index contributed by atoms with van der Waals surface area (Å²) in [6, 6.07) is 6.01. The van der Waals surface area contributed by atoms with Gasteiger partial charge in [0.1, 0.15) is 0 Å². The number of hydrogen-bond donors (Lipinski definition) is 1. The average Bonchev–Trinajstić information content (AvgIpc) is 2.88. The van der Waals surface area contributed by atoms with Gasteiger partial charge in [-0.15, -0.1) is 0 Å². The summed E-state index contributed by atoms with van der Waals surface area (Å²) in [4.78, 5) is 4.13. The van der Waals surface area contributed by atoms with E-state index in [1.807, 2.05) is 23.0 Å². The predicted octanol–water partition coefficient (Wildman–Crippen LogP) is 2.01. The Balaban J connectivity index is 1.92. The Morgan fingerprint density at radius 3 is 2.60 bits per heavy atom. The van der Waals surface area contributed by atoms with E-state index in [9.17, 15) is 5.11 Å². The van der Waals surface area contributed by atoms with Crippen LogP contribution in [-0.2, 0) is 12.8 Å². The molecule has 0 saturated carbocycles. The highest BCUT2D eigenvalue weighted by Crippen LogP contribution is 2.11. The van der Waals surface area contributed by atoms with Gasteiger partial charge in [0.05, 0.1) is 18.9 Å². The van der Waals surface area contributed by atoms with Gasteiger partial charge in [-0.3, -0.25) is 4.68 Å². The van der Waals surface area contributed by atoms with Crippen LogP contribution in [0, 0.1) is 0 Å². The largest absolute Gasteiger partial charge is 0.481 e. The first kappa shape index (κ1) is 14.5. The van der Waals surface area contributed by atoms with Crippen molar-refractivity contribution in [1.82, 2.24) is 14.8 Å². The van der Waals surface area contributed by atoms with Gasteiger partial charge in [-0.05, 0) is 25.5 Å². The van der Waals surface area contributed by atoms with E-state index in [4.69, 9.17) is 4.74 Å². The maximum absolute atomic E-state index is 10.1. The maximum Gasteiger partial charge on any atom is 0.212 e. The Bertz CT molecular complexity index is 534. The second kappa shape index (κ2) is 6.52. The second-order valence-electron chi connectivity index (χ2n) is 5.15. The van der Waals surface area contributed by atoms with E-state index in [0.717, 1.165) is 11.3 Å². The van der Waals surface area contributed by atoms with Gasteiger partial charge in [-0.2, -0.15) is 5.10 Å². The van der Waals surface area contributed by atoms with Crippen molar-refractivity contribution >= 4 is 0 Å². The first-order chi connectivity index (χ1) is 9.58. The Hall–Kier alpha value is -1.88. The van der Waals surface area contributed by atoms with Gasteiger partial charge < -0.3 is 9.84 Å². The predicted molar refractivity (Wildman–Crippen MR) is 76.8 cm³/mol. The van der Waals surface area contributed by atoms with Crippen LogP contribution < -0.4 is 4.74 Å². The zero-order chi connectivity index (χ0) is 14.5. The molecule has 0 fully saturated rings. The minimum Gasteiger partial charge on any atom is -0.481 e. The molecule has 2 aromatic heterocycles. The second-order valence-corrected chi connectivity index (χ2v) is 5.15. The molecule has 0 amide bonds. The van der Waals surface area contributed by atoms with Crippen LogP contribution in [0.4, 0.5) is 0 Å². The molecule has 2 rings (SSSR count). The molecule has 5 heteroatoms. The average molecular weight is 275 g/mol. The normalized spacial score (nSPS) is 12.7. The molecule has 20 heavy (non-hydrogen) atoms. The van der Waals surface area contributed by atoms with E-state index in [-0.39, 0.29) is 0 Å². The van der Waals surface area contributed by atoms with Crippen molar-refractivity contribution in [2.45, 2.75) is 38.8 Å². The van der Waals surface area contributed by atoms with E-state index in [2.05, 4.69) is 23.9 Å². The van der Waals surface area contributed by atoms with Crippen molar-refractivity contribution in [3.8, 4) is 5.88 Å². The van der Waals surface area contributed by atoms with E-state index in [1.54, 1.807) is 19.4 Å². The lowest BCUT2D eigenvalue weighted by molar-refractivity contribution is 0.173. The Morgan fingerprint density at radius 2 is 2.05 bits per heavy atom. The van der Waals surface area contributed by atoms with Crippen molar-refractivity contribution in [3.63, 3.8) is 0 Å². The molecule has 1 N–H and O–H groups in total. The third-order valence-electron chi connectivity index (χ3n) is 3.12. The number of hydrogen-bond acceptors (Lipinski definition) is 4. The molecule has 0 aromatic carbocycles. The Kier molecular flexibility index (Phi) is 4.74. The van der Waals surface area contributed by atoms with Gasteiger partial charge in [0.25, 0.3) is 0 Å². The van der Waals surface area contributed by atoms with Crippen LogP contribution in [0.1, 0.15) is 31.1 Å². The molecule has 0 aliphatic heterocycles. The minimum atomic E-state index is -0.458. The number of pyridine rings is 1. The summed E-state index contributed by atoms with van der Waals surface area (Å²) in [6.45, 7) is 4.16. The fourth-order valence-corrected chi connectivity index (χ4v) is 2.01. The number of methoxy groups -OCH3 is 1. The van der Waals surface area contributed by atoms with Gasteiger partial charge in [-0.1, -0.05) is 6.07 Å². The molecule has 2 aromatic rings. The monoisotopic (exact) mass is 275 g/mol. The van der Waals surface area contributed by atoms with Crippen LogP contribution in [0.5, 0.6) is 5.88 Å². The zero-order valence-corrected chi connectivity index (χ0v) is 12.2. The molecule has 0 aliphatic carbocycles. The third-order valence-corrected chi connectivity index (χ3v) is 3.12. The lowest BCUT2D eigenvalue weighted by Crippen LogP contribution is -2.15. The smallest absolute Gasteiger partial charge is 0.212 e. The highest BCUT2D eigenvalue weighted by molar-refractivity contribution is 5.18. The van der Waals surface area contributed by atoms with E-state index in [0.29, 0.717) is 24.8 Å². The molecule has 2 heterocycles. The zero-order valence-electron chi connectivity index (χ0n) is 12.2. The molecule has 1 atom stereocenters. The van der Waals surface area contributed by atoms with E-state index in [1.165, 1.54) is 0 Å². The first-order valence-corrected chi connectivity index (χ1v) is 6.79. The topological polar surface area (TPSA) is 60.2 Å². The summed E-state index contributed by atoms with van der Waals surface area (Å²) < 4.78 is 6.91. The Labute approximate surface area is 119 Å². The number of rotatable bonds is 6. The SMILES string of the molecule is COc1ccc(CC(O)Cc2ccn(C(C)C)n2)cn1. The maximum atomic E-state index is 10.1. The summed E-state index contributed by atoms with van der Waals surface area (Å²) >= 11 is 0. The quantitative estimate of drug-likeness (QED) is 0.876. The number of ether oxygens (including phenoxy) is 1. The first-order valence-electron chi connectivity index (χ1n) is 6.79. The van der Waals surface area contributed by atoms with Crippen LogP contribution >= 0.6 is 0 Å². The van der Waals surface area contributed by atoms with Crippen molar-refractivity contribution in [3.05, 3.63) is 41.9 Å². The van der Waals surface area contributed by atoms with Gasteiger partial charge >= 0.3 is 0 Å². The van der Waals surface area contributed by atoms with Crippen LogP contribution in [0.15, 0.2) is 30.6 Å².